The summed E-state index contributed by atoms with van der Waals surface area (Å²) in [5.41, 5.74) is 0.803. The zero-order valence-corrected chi connectivity index (χ0v) is 13.3. The fraction of sp³-hybridized carbons (Fsp3) is 0.125. The van der Waals surface area contributed by atoms with Crippen molar-refractivity contribution in [1.82, 2.24) is 9.55 Å². The molecule has 4 nitrogen and oxygen atoms in total. The van der Waals surface area contributed by atoms with Gasteiger partial charge in [-0.05, 0) is 45.8 Å². The Hall–Kier alpha value is -2.21. The van der Waals surface area contributed by atoms with Crippen LogP contribution < -0.4 is 10.3 Å². The highest BCUT2D eigenvalue weighted by molar-refractivity contribution is 9.10. The van der Waals surface area contributed by atoms with Gasteiger partial charge in [-0.15, -0.1) is 0 Å². The molecule has 0 bridgehead atoms. The minimum Gasteiger partial charge on any atom is -0.497 e. The first-order chi connectivity index (χ1) is 10.6. The largest absolute Gasteiger partial charge is 0.497 e. The number of fused-ring (bicyclic) bond motifs is 1. The van der Waals surface area contributed by atoms with Gasteiger partial charge in [-0.1, -0.05) is 12.1 Å². The molecule has 0 spiro atoms. The summed E-state index contributed by atoms with van der Waals surface area (Å²) >= 11 is 3.09. The summed E-state index contributed by atoms with van der Waals surface area (Å²) in [6.45, 7) is 0.297. The van der Waals surface area contributed by atoms with Crippen LogP contribution in [0.5, 0.6) is 5.75 Å². The fourth-order valence-electron chi connectivity index (χ4n) is 2.26. The van der Waals surface area contributed by atoms with Crippen LogP contribution in [0.4, 0.5) is 4.39 Å². The third-order valence-corrected chi connectivity index (χ3v) is 3.98. The number of methoxy groups -OCH3 is 1. The smallest absolute Gasteiger partial charge is 0.264 e. The van der Waals surface area contributed by atoms with Crippen LogP contribution in [0, 0.1) is 5.82 Å². The number of nitrogens with zero attached hydrogens (tertiary/aromatic N) is 2. The lowest BCUT2D eigenvalue weighted by molar-refractivity contribution is 0.414. The maximum absolute atomic E-state index is 14.2. The molecule has 0 fully saturated rings. The van der Waals surface area contributed by atoms with Crippen LogP contribution >= 0.6 is 15.9 Å². The van der Waals surface area contributed by atoms with Gasteiger partial charge in [0.15, 0.2) is 5.82 Å². The Labute approximate surface area is 134 Å². The fourth-order valence-corrected chi connectivity index (χ4v) is 2.59. The summed E-state index contributed by atoms with van der Waals surface area (Å²) < 4.78 is 21.0. The van der Waals surface area contributed by atoms with E-state index in [2.05, 4.69) is 20.9 Å². The zero-order chi connectivity index (χ0) is 15.7. The molecule has 0 amide bonds. The molecule has 1 aromatic heterocycles. The van der Waals surface area contributed by atoms with Crippen molar-refractivity contribution >= 4 is 26.8 Å². The van der Waals surface area contributed by atoms with E-state index in [4.69, 9.17) is 4.74 Å². The van der Waals surface area contributed by atoms with E-state index in [0.717, 1.165) is 5.56 Å². The van der Waals surface area contributed by atoms with Gasteiger partial charge in [0.05, 0.1) is 30.0 Å². The first-order valence-electron chi connectivity index (χ1n) is 6.56. The second-order valence-electron chi connectivity index (χ2n) is 4.78. The molecule has 0 aliphatic heterocycles. The molecule has 0 N–H and O–H groups in total. The summed E-state index contributed by atoms with van der Waals surface area (Å²) in [5.74, 6) is 0.114. The second-order valence-corrected chi connectivity index (χ2v) is 5.64. The highest BCUT2D eigenvalue weighted by atomic mass is 79.9. The van der Waals surface area contributed by atoms with Gasteiger partial charge in [0, 0.05) is 0 Å². The first-order valence-corrected chi connectivity index (χ1v) is 7.35. The lowest BCUT2D eigenvalue weighted by Gasteiger charge is -2.09. The third kappa shape index (κ3) is 2.62. The molecule has 6 heteroatoms. The first kappa shape index (κ1) is 14.7. The van der Waals surface area contributed by atoms with Crippen molar-refractivity contribution in [2.45, 2.75) is 6.54 Å². The van der Waals surface area contributed by atoms with E-state index in [1.54, 1.807) is 13.2 Å². The minimum absolute atomic E-state index is 0.0141. The Morgan fingerprint density at radius 1 is 1.32 bits per heavy atom. The molecular formula is C16H12BrFN2O2. The quantitative estimate of drug-likeness (QED) is 0.717. The maximum Gasteiger partial charge on any atom is 0.264 e. The van der Waals surface area contributed by atoms with Crippen molar-refractivity contribution in [1.29, 1.82) is 0 Å². The standard InChI is InChI=1S/C16H12BrFN2O2/c1-22-11-4-2-3-10(7-11)8-20-9-19-13-6-5-12(17)15(18)14(13)16(20)21/h2-7,9H,8H2,1H3. The van der Waals surface area contributed by atoms with E-state index in [-0.39, 0.29) is 9.86 Å². The van der Waals surface area contributed by atoms with E-state index < -0.39 is 11.4 Å². The van der Waals surface area contributed by atoms with Crippen LogP contribution in [-0.2, 0) is 6.54 Å². The van der Waals surface area contributed by atoms with E-state index >= 15 is 0 Å². The van der Waals surface area contributed by atoms with Gasteiger partial charge in [-0.25, -0.2) is 9.37 Å². The topological polar surface area (TPSA) is 44.1 Å². The zero-order valence-electron chi connectivity index (χ0n) is 11.7. The average Bonchev–Trinajstić information content (AvgIpc) is 2.53. The van der Waals surface area contributed by atoms with E-state index in [1.807, 2.05) is 24.3 Å². The van der Waals surface area contributed by atoms with E-state index in [9.17, 15) is 9.18 Å². The van der Waals surface area contributed by atoms with E-state index in [0.29, 0.717) is 17.8 Å². The van der Waals surface area contributed by atoms with Crippen molar-refractivity contribution in [3.05, 3.63) is 68.9 Å². The average molecular weight is 363 g/mol. The predicted octanol–water partition coefficient (Wildman–Crippen LogP) is 3.36. The highest BCUT2D eigenvalue weighted by Crippen LogP contribution is 2.21. The van der Waals surface area contributed by atoms with Crippen LogP contribution in [0.1, 0.15) is 5.56 Å². The molecule has 112 valence electrons. The predicted molar refractivity (Wildman–Crippen MR) is 85.8 cm³/mol. The van der Waals surface area contributed by atoms with Crippen molar-refractivity contribution in [3.8, 4) is 5.75 Å². The van der Waals surface area contributed by atoms with Crippen molar-refractivity contribution in [2.24, 2.45) is 0 Å². The normalized spacial score (nSPS) is 10.9. The van der Waals surface area contributed by atoms with Gasteiger partial charge in [0.1, 0.15) is 11.1 Å². The summed E-state index contributed by atoms with van der Waals surface area (Å²) in [6.07, 6.45) is 1.43. The number of halogens is 2. The van der Waals surface area contributed by atoms with Crippen molar-refractivity contribution in [3.63, 3.8) is 0 Å². The molecule has 0 aliphatic carbocycles. The molecule has 0 radical (unpaired) electrons. The number of hydrogen-bond donors (Lipinski definition) is 0. The number of rotatable bonds is 3. The molecular weight excluding hydrogens is 351 g/mol. The van der Waals surface area contributed by atoms with Crippen molar-refractivity contribution < 1.29 is 9.13 Å². The summed E-state index contributed by atoms with van der Waals surface area (Å²) in [4.78, 5) is 16.6. The van der Waals surface area contributed by atoms with Crippen molar-refractivity contribution in [2.75, 3.05) is 7.11 Å². The summed E-state index contributed by atoms with van der Waals surface area (Å²) in [7, 11) is 1.58. The molecule has 22 heavy (non-hydrogen) atoms. The summed E-state index contributed by atoms with van der Waals surface area (Å²) in [6, 6.07) is 10.5. The lowest BCUT2D eigenvalue weighted by atomic mass is 10.2. The Kier molecular flexibility index (Phi) is 3.94. The van der Waals surface area contributed by atoms with Gasteiger partial charge in [0.25, 0.3) is 5.56 Å². The Bertz CT molecular complexity index is 908. The molecule has 0 saturated carbocycles. The number of ether oxygens (including phenoxy) is 1. The molecule has 0 saturated heterocycles. The monoisotopic (exact) mass is 362 g/mol. The van der Waals surface area contributed by atoms with Gasteiger partial charge in [-0.3, -0.25) is 9.36 Å². The van der Waals surface area contributed by atoms with Crippen LogP contribution in [0.2, 0.25) is 0 Å². The van der Waals surface area contributed by atoms with Crippen LogP contribution in [-0.4, -0.2) is 16.7 Å². The van der Waals surface area contributed by atoms with Gasteiger partial charge < -0.3 is 4.74 Å². The van der Waals surface area contributed by atoms with E-state index in [1.165, 1.54) is 17.0 Å². The molecule has 0 aliphatic rings. The Morgan fingerprint density at radius 3 is 2.91 bits per heavy atom. The highest BCUT2D eigenvalue weighted by Gasteiger charge is 2.12. The number of benzene rings is 2. The van der Waals surface area contributed by atoms with Gasteiger partial charge in [0.2, 0.25) is 0 Å². The minimum atomic E-state index is -0.588. The van der Waals surface area contributed by atoms with Crippen LogP contribution in [0.3, 0.4) is 0 Å². The lowest BCUT2D eigenvalue weighted by Crippen LogP contribution is -2.22. The molecule has 1 heterocycles. The third-order valence-electron chi connectivity index (χ3n) is 3.37. The van der Waals surface area contributed by atoms with Gasteiger partial charge in [-0.2, -0.15) is 0 Å². The summed E-state index contributed by atoms with van der Waals surface area (Å²) in [5, 5.41) is -0.0141. The Balaban J connectivity index is 2.10. The SMILES string of the molecule is COc1cccc(Cn2cnc3ccc(Br)c(F)c3c2=O)c1. The molecule has 0 atom stereocenters. The molecule has 3 aromatic rings. The molecule has 0 unspecified atom stereocenters. The van der Waals surface area contributed by atoms with Crippen LogP contribution in [0.15, 0.2) is 52.0 Å². The second kappa shape index (κ2) is 5.88. The van der Waals surface area contributed by atoms with Gasteiger partial charge >= 0.3 is 0 Å². The number of hydrogen-bond acceptors (Lipinski definition) is 3. The number of aromatic nitrogens is 2. The molecule has 3 rings (SSSR count). The Morgan fingerprint density at radius 2 is 2.14 bits per heavy atom. The maximum atomic E-state index is 14.2. The van der Waals surface area contributed by atoms with Crippen LogP contribution in [0.25, 0.3) is 10.9 Å². The molecule has 2 aromatic carbocycles.